The van der Waals surface area contributed by atoms with Crippen LogP contribution in [-0.2, 0) is 19.6 Å². The van der Waals surface area contributed by atoms with Crippen molar-refractivity contribution >= 4 is 27.6 Å². The number of esters is 1. The molecule has 0 aliphatic rings. The van der Waals surface area contributed by atoms with E-state index in [2.05, 4.69) is 4.72 Å². The standard InChI is InChI=1S/C20H24N2O5S/c1-4-22(5-2)19(23)14-27-20(24)16-9-7-11-18(13-16)28(25,26)21-17-10-6-8-15(3)12-17/h6-13,21H,4-5,14H2,1-3H3. The van der Waals surface area contributed by atoms with Crippen LogP contribution in [-0.4, -0.2) is 44.9 Å². The highest BCUT2D eigenvalue weighted by atomic mass is 32.2. The molecule has 0 saturated carbocycles. The fourth-order valence-electron chi connectivity index (χ4n) is 2.59. The summed E-state index contributed by atoms with van der Waals surface area (Å²) in [7, 11) is -3.87. The minimum atomic E-state index is -3.87. The van der Waals surface area contributed by atoms with Gasteiger partial charge in [0.15, 0.2) is 6.61 Å². The topological polar surface area (TPSA) is 92.8 Å². The zero-order valence-electron chi connectivity index (χ0n) is 16.1. The zero-order valence-corrected chi connectivity index (χ0v) is 17.0. The molecule has 0 saturated heterocycles. The Bertz CT molecular complexity index is 953. The van der Waals surface area contributed by atoms with Gasteiger partial charge in [0.25, 0.3) is 15.9 Å². The number of anilines is 1. The Morgan fingerprint density at radius 3 is 2.36 bits per heavy atom. The van der Waals surface area contributed by atoms with Crippen molar-refractivity contribution in [1.82, 2.24) is 4.90 Å². The lowest BCUT2D eigenvalue weighted by atomic mass is 10.2. The van der Waals surface area contributed by atoms with Crippen LogP contribution in [0.2, 0.25) is 0 Å². The number of carbonyl (C=O) groups is 2. The molecule has 0 fully saturated rings. The molecule has 0 aliphatic heterocycles. The molecule has 2 aromatic rings. The van der Waals surface area contributed by atoms with Gasteiger partial charge >= 0.3 is 5.97 Å². The normalized spacial score (nSPS) is 11.0. The van der Waals surface area contributed by atoms with Gasteiger partial charge in [-0.2, -0.15) is 0 Å². The molecular weight excluding hydrogens is 380 g/mol. The average Bonchev–Trinajstić information content (AvgIpc) is 2.67. The molecule has 28 heavy (non-hydrogen) atoms. The second-order valence-electron chi connectivity index (χ2n) is 6.14. The molecule has 0 aromatic heterocycles. The van der Waals surface area contributed by atoms with Crippen molar-refractivity contribution in [2.75, 3.05) is 24.4 Å². The van der Waals surface area contributed by atoms with Crippen LogP contribution < -0.4 is 4.72 Å². The molecule has 1 amide bonds. The Labute approximate surface area is 165 Å². The summed E-state index contributed by atoms with van der Waals surface area (Å²) >= 11 is 0. The van der Waals surface area contributed by atoms with Gasteiger partial charge in [0, 0.05) is 18.8 Å². The maximum atomic E-state index is 12.6. The highest BCUT2D eigenvalue weighted by Crippen LogP contribution is 2.18. The van der Waals surface area contributed by atoms with Crippen molar-refractivity contribution in [2.45, 2.75) is 25.7 Å². The molecule has 0 radical (unpaired) electrons. The number of ether oxygens (including phenoxy) is 1. The molecule has 0 aliphatic carbocycles. The predicted octanol–water partition coefficient (Wildman–Crippen LogP) is 2.82. The van der Waals surface area contributed by atoms with Gasteiger partial charge in [0.05, 0.1) is 10.5 Å². The summed E-state index contributed by atoms with van der Waals surface area (Å²) in [5.41, 5.74) is 1.40. The first kappa shape index (κ1) is 21.4. The van der Waals surface area contributed by atoms with E-state index in [1.165, 1.54) is 24.3 Å². The Morgan fingerprint density at radius 2 is 1.71 bits per heavy atom. The van der Waals surface area contributed by atoms with Crippen molar-refractivity contribution in [3.63, 3.8) is 0 Å². The quantitative estimate of drug-likeness (QED) is 0.683. The summed E-state index contributed by atoms with van der Waals surface area (Å²) < 4.78 is 32.7. The van der Waals surface area contributed by atoms with Crippen LogP contribution in [0.3, 0.4) is 0 Å². The van der Waals surface area contributed by atoms with Crippen LogP contribution in [0.1, 0.15) is 29.8 Å². The average molecular weight is 404 g/mol. The first-order chi connectivity index (χ1) is 13.3. The fourth-order valence-corrected chi connectivity index (χ4v) is 3.69. The molecule has 0 atom stereocenters. The Kier molecular flexibility index (Phi) is 7.17. The minimum absolute atomic E-state index is 0.0551. The lowest BCUT2D eigenvalue weighted by Gasteiger charge is -2.18. The van der Waals surface area contributed by atoms with Crippen molar-refractivity contribution in [2.24, 2.45) is 0 Å². The first-order valence-corrected chi connectivity index (χ1v) is 10.4. The molecule has 2 aromatic carbocycles. The van der Waals surface area contributed by atoms with E-state index in [1.807, 2.05) is 26.8 Å². The third kappa shape index (κ3) is 5.56. The summed E-state index contributed by atoms with van der Waals surface area (Å²) in [5.74, 6) is -1.06. The largest absolute Gasteiger partial charge is 0.452 e. The Hall–Kier alpha value is -2.87. The maximum Gasteiger partial charge on any atom is 0.338 e. The molecule has 2 rings (SSSR count). The lowest BCUT2D eigenvalue weighted by Crippen LogP contribution is -2.34. The van der Waals surface area contributed by atoms with Crippen molar-refractivity contribution < 1.29 is 22.7 Å². The third-order valence-electron chi connectivity index (χ3n) is 4.09. The number of nitrogens with one attached hydrogen (secondary N) is 1. The van der Waals surface area contributed by atoms with Gasteiger partial charge in [-0.3, -0.25) is 9.52 Å². The number of carbonyl (C=O) groups excluding carboxylic acids is 2. The summed E-state index contributed by atoms with van der Waals surface area (Å²) in [4.78, 5) is 25.6. The Morgan fingerprint density at radius 1 is 1.04 bits per heavy atom. The highest BCUT2D eigenvalue weighted by Gasteiger charge is 2.18. The molecule has 7 nitrogen and oxygen atoms in total. The van der Waals surface area contributed by atoms with E-state index in [9.17, 15) is 18.0 Å². The molecular formula is C20H24N2O5S. The van der Waals surface area contributed by atoms with E-state index >= 15 is 0 Å². The molecule has 8 heteroatoms. The van der Waals surface area contributed by atoms with Crippen LogP contribution >= 0.6 is 0 Å². The van der Waals surface area contributed by atoms with Crippen LogP contribution in [0, 0.1) is 6.92 Å². The molecule has 150 valence electrons. The van der Waals surface area contributed by atoms with Gasteiger partial charge in [-0.25, -0.2) is 13.2 Å². The number of amides is 1. The van der Waals surface area contributed by atoms with E-state index < -0.39 is 16.0 Å². The van der Waals surface area contributed by atoms with Gasteiger partial charge in [0.2, 0.25) is 0 Å². The van der Waals surface area contributed by atoms with E-state index in [1.54, 1.807) is 23.1 Å². The summed E-state index contributed by atoms with van der Waals surface area (Å²) in [5, 5.41) is 0. The summed E-state index contributed by atoms with van der Waals surface area (Å²) in [6.07, 6.45) is 0. The van der Waals surface area contributed by atoms with Crippen LogP contribution in [0.5, 0.6) is 0 Å². The van der Waals surface area contributed by atoms with Gasteiger partial charge in [0.1, 0.15) is 0 Å². The second kappa shape index (κ2) is 9.36. The number of aryl methyl sites for hydroxylation is 1. The van der Waals surface area contributed by atoms with Crippen LogP contribution in [0.4, 0.5) is 5.69 Å². The minimum Gasteiger partial charge on any atom is -0.452 e. The van der Waals surface area contributed by atoms with Crippen LogP contribution in [0.15, 0.2) is 53.4 Å². The molecule has 0 heterocycles. The van der Waals surface area contributed by atoms with Gasteiger partial charge in [-0.05, 0) is 56.7 Å². The van der Waals surface area contributed by atoms with E-state index in [0.717, 1.165) is 5.56 Å². The second-order valence-corrected chi connectivity index (χ2v) is 7.83. The van der Waals surface area contributed by atoms with Crippen molar-refractivity contribution in [3.05, 3.63) is 59.7 Å². The number of sulfonamides is 1. The lowest BCUT2D eigenvalue weighted by molar-refractivity contribution is -0.134. The van der Waals surface area contributed by atoms with E-state index in [-0.39, 0.29) is 23.0 Å². The summed E-state index contributed by atoms with van der Waals surface area (Å²) in [6, 6.07) is 12.4. The Balaban J connectivity index is 2.12. The number of hydrogen-bond acceptors (Lipinski definition) is 5. The fraction of sp³-hybridized carbons (Fsp3) is 0.300. The van der Waals surface area contributed by atoms with Crippen molar-refractivity contribution in [3.8, 4) is 0 Å². The van der Waals surface area contributed by atoms with E-state index in [4.69, 9.17) is 4.74 Å². The first-order valence-electron chi connectivity index (χ1n) is 8.91. The van der Waals surface area contributed by atoms with E-state index in [0.29, 0.717) is 18.8 Å². The highest BCUT2D eigenvalue weighted by molar-refractivity contribution is 7.92. The van der Waals surface area contributed by atoms with Gasteiger partial charge < -0.3 is 9.64 Å². The number of rotatable bonds is 8. The molecule has 0 unspecified atom stereocenters. The number of hydrogen-bond donors (Lipinski definition) is 1. The predicted molar refractivity (Wildman–Crippen MR) is 107 cm³/mol. The third-order valence-corrected chi connectivity index (χ3v) is 5.47. The molecule has 0 bridgehead atoms. The molecule has 0 spiro atoms. The van der Waals surface area contributed by atoms with Crippen LogP contribution in [0.25, 0.3) is 0 Å². The van der Waals surface area contributed by atoms with Crippen molar-refractivity contribution in [1.29, 1.82) is 0 Å². The summed E-state index contributed by atoms with van der Waals surface area (Å²) in [6.45, 7) is 6.17. The van der Waals surface area contributed by atoms with Gasteiger partial charge in [-0.15, -0.1) is 0 Å². The number of nitrogens with zero attached hydrogens (tertiary/aromatic N) is 1. The zero-order chi connectivity index (χ0) is 20.7. The van der Waals surface area contributed by atoms with Gasteiger partial charge in [-0.1, -0.05) is 18.2 Å². The maximum absolute atomic E-state index is 12.6. The molecule has 1 N–H and O–H groups in total. The number of benzene rings is 2. The smallest absolute Gasteiger partial charge is 0.338 e. The SMILES string of the molecule is CCN(CC)C(=O)COC(=O)c1cccc(S(=O)(=O)Nc2cccc(C)c2)c1. The monoisotopic (exact) mass is 404 g/mol. The number of likely N-dealkylation sites (N-methyl/N-ethyl adjacent to an activating group) is 1.